The van der Waals surface area contributed by atoms with Gasteiger partial charge in [0, 0.05) is 11.6 Å². The molecule has 3 rings (SSSR count). The zero-order chi connectivity index (χ0) is 15.7. The number of benzene rings is 1. The number of carbonyl (C=O) groups is 2. The Morgan fingerprint density at radius 3 is 2.68 bits per heavy atom. The summed E-state index contributed by atoms with van der Waals surface area (Å²) in [6, 6.07) is 6.51. The Morgan fingerprint density at radius 2 is 2.00 bits per heavy atom. The summed E-state index contributed by atoms with van der Waals surface area (Å²) in [5.74, 6) is -0.00380. The van der Waals surface area contributed by atoms with E-state index in [2.05, 4.69) is 17.6 Å². The van der Waals surface area contributed by atoms with E-state index in [-0.39, 0.29) is 11.9 Å². The van der Waals surface area contributed by atoms with Gasteiger partial charge in [0.1, 0.15) is 0 Å². The maximum Gasteiger partial charge on any atom is 0.319 e. The third-order valence-corrected chi connectivity index (χ3v) is 4.26. The molecule has 5 nitrogen and oxygen atoms in total. The van der Waals surface area contributed by atoms with Gasteiger partial charge in [-0.2, -0.15) is 0 Å². The van der Waals surface area contributed by atoms with Gasteiger partial charge in [0.05, 0.1) is 23.9 Å². The highest BCUT2D eigenvalue weighted by Crippen LogP contribution is 2.32. The van der Waals surface area contributed by atoms with E-state index in [0.717, 1.165) is 18.4 Å². The van der Waals surface area contributed by atoms with Crippen LogP contribution in [0.3, 0.4) is 0 Å². The lowest BCUT2D eigenvalue weighted by molar-refractivity contribution is -0.125. The number of halogens is 1. The van der Waals surface area contributed by atoms with Crippen LogP contribution in [0.2, 0.25) is 5.02 Å². The summed E-state index contributed by atoms with van der Waals surface area (Å²) in [4.78, 5) is 26.3. The second-order valence-corrected chi connectivity index (χ2v) is 5.99. The number of carbonyl (C=O) groups excluding carboxylic acids is 2. The maximum absolute atomic E-state index is 12.7. The van der Waals surface area contributed by atoms with E-state index in [1.807, 2.05) is 12.1 Å². The first-order chi connectivity index (χ1) is 10.6. The van der Waals surface area contributed by atoms with Crippen LogP contribution in [0.4, 0.5) is 4.79 Å². The van der Waals surface area contributed by atoms with Crippen molar-refractivity contribution in [1.29, 1.82) is 0 Å². The van der Waals surface area contributed by atoms with Gasteiger partial charge in [0.25, 0.3) is 5.91 Å². The fourth-order valence-corrected chi connectivity index (χ4v) is 2.99. The topological polar surface area (TPSA) is 61.4 Å². The molecule has 2 heterocycles. The number of hydrogen-bond donors (Lipinski definition) is 2. The molecule has 6 heteroatoms. The van der Waals surface area contributed by atoms with Gasteiger partial charge in [0.2, 0.25) is 0 Å². The predicted molar refractivity (Wildman–Crippen MR) is 84.4 cm³/mol. The number of hydrogen-bond acceptors (Lipinski definition) is 2. The van der Waals surface area contributed by atoms with E-state index >= 15 is 0 Å². The van der Waals surface area contributed by atoms with Gasteiger partial charge in [-0.1, -0.05) is 37.1 Å². The number of nitrogens with one attached hydrogen (secondary N) is 2. The van der Waals surface area contributed by atoms with Gasteiger partial charge in [-0.3, -0.25) is 4.79 Å². The van der Waals surface area contributed by atoms with Crippen LogP contribution in [-0.4, -0.2) is 29.9 Å². The molecule has 0 aromatic heterocycles. The number of amides is 3. The van der Waals surface area contributed by atoms with Crippen molar-refractivity contribution in [1.82, 2.24) is 15.5 Å². The van der Waals surface area contributed by atoms with Crippen LogP contribution >= 0.6 is 11.6 Å². The Labute approximate surface area is 134 Å². The third kappa shape index (κ3) is 2.68. The molecule has 0 spiro atoms. The molecule has 1 aromatic carbocycles. The summed E-state index contributed by atoms with van der Waals surface area (Å²) in [7, 11) is 0. The van der Waals surface area contributed by atoms with Crippen molar-refractivity contribution in [2.24, 2.45) is 0 Å². The summed E-state index contributed by atoms with van der Waals surface area (Å²) in [5.41, 5.74) is 2.21. The van der Waals surface area contributed by atoms with Crippen molar-refractivity contribution in [3.63, 3.8) is 0 Å². The first-order valence-corrected chi connectivity index (χ1v) is 7.83. The predicted octanol–water partition coefficient (Wildman–Crippen LogP) is 2.59. The lowest BCUT2D eigenvalue weighted by atomic mass is 9.96. The van der Waals surface area contributed by atoms with E-state index in [1.165, 1.54) is 0 Å². The quantitative estimate of drug-likeness (QED) is 0.896. The zero-order valence-electron chi connectivity index (χ0n) is 12.4. The van der Waals surface area contributed by atoms with Crippen molar-refractivity contribution >= 4 is 23.5 Å². The van der Waals surface area contributed by atoms with Gasteiger partial charge >= 0.3 is 6.03 Å². The van der Waals surface area contributed by atoms with E-state index in [0.29, 0.717) is 29.4 Å². The van der Waals surface area contributed by atoms with Gasteiger partial charge in [0.15, 0.2) is 0 Å². The summed E-state index contributed by atoms with van der Waals surface area (Å²) in [6.45, 7) is 3.28. The van der Waals surface area contributed by atoms with Crippen molar-refractivity contribution < 1.29 is 9.59 Å². The first-order valence-electron chi connectivity index (χ1n) is 7.45. The highest BCUT2D eigenvalue weighted by atomic mass is 35.5. The second kappa shape index (κ2) is 6.01. The van der Waals surface area contributed by atoms with Gasteiger partial charge in [-0.15, -0.1) is 0 Å². The largest absolute Gasteiger partial charge is 0.333 e. The van der Waals surface area contributed by atoms with E-state index in [4.69, 9.17) is 11.6 Å². The molecule has 22 heavy (non-hydrogen) atoms. The lowest BCUT2D eigenvalue weighted by Gasteiger charge is -2.25. The van der Waals surface area contributed by atoms with Crippen LogP contribution in [0.1, 0.15) is 31.4 Å². The molecule has 0 bridgehead atoms. The summed E-state index contributed by atoms with van der Waals surface area (Å²) in [5, 5.41) is 6.22. The van der Waals surface area contributed by atoms with Crippen LogP contribution in [0.5, 0.6) is 0 Å². The SMILES string of the molecule is CCCCN1CC2=C(C1=O)[C@@H](c1ccc(Cl)cc1)NC(=O)N2. The highest BCUT2D eigenvalue weighted by Gasteiger charge is 2.39. The van der Waals surface area contributed by atoms with Crippen molar-refractivity contribution in [3.05, 3.63) is 46.1 Å². The molecular weight excluding hydrogens is 302 g/mol. The van der Waals surface area contributed by atoms with Crippen molar-refractivity contribution in [2.45, 2.75) is 25.8 Å². The molecule has 0 radical (unpaired) electrons. The second-order valence-electron chi connectivity index (χ2n) is 5.56. The Bertz CT molecular complexity index is 639. The first kappa shape index (κ1) is 14.9. The smallest absolute Gasteiger partial charge is 0.319 e. The average Bonchev–Trinajstić information content (AvgIpc) is 2.81. The molecule has 0 aliphatic carbocycles. The summed E-state index contributed by atoms with van der Waals surface area (Å²) in [6.07, 6.45) is 1.99. The lowest BCUT2D eigenvalue weighted by Crippen LogP contribution is -2.44. The minimum atomic E-state index is -0.417. The van der Waals surface area contributed by atoms with Gasteiger partial charge in [-0.05, 0) is 24.1 Å². The molecule has 116 valence electrons. The van der Waals surface area contributed by atoms with E-state index in [1.54, 1.807) is 17.0 Å². The van der Waals surface area contributed by atoms with Crippen LogP contribution in [0.25, 0.3) is 0 Å². The molecule has 0 saturated carbocycles. The maximum atomic E-state index is 12.7. The number of rotatable bonds is 4. The molecule has 1 atom stereocenters. The van der Waals surface area contributed by atoms with E-state index < -0.39 is 6.04 Å². The average molecular weight is 320 g/mol. The molecule has 3 amide bonds. The minimum Gasteiger partial charge on any atom is -0.333 e. The third-order valence-electron chi connectivity index (χ3n) is 4.01. The fraction of sp³-hybridized carbons (Fsp3) is 0.375. The molecule has 2 N–H and O–H groups in total. The molecule has 2 aliphatic rings. The minimum absolute atomic E-state index is 0.00380. The van der Waals surface area contributed by atoms with Crippen LogP contribution in [0, 0.1) is 0 Å². The Hall–Kier alpha value is -2.01. The monoisotopic (exact) mass is 319 g/mol. The zero-order valence-corrected chi connectivity index (χ0v) is 13.1. The van der Waals surface area contributed by atoms with Crippen LogP contribution in [-0.2, 0) is 4.79 Å². The molecule has 0 saturated heterocycles. The fourth-order valence-electron chi connectivity index (χ4n) is 2.86. The summed E-state index contributed by atoms with van der Waals surface area (Å²) >= 11 is 5.91. The normalized spacial score (nSPS) is 20.8. The van der Waals surface area contributed by atoms with Gasteiger partial charge < -0.3 is 15.5 Å². The molecule has 0 fully saturated rings. The standard InChI is InChI=1S/C16H18ClN3O2/c1-2-3-8-20-9-12-13(15(20)21)14(19-16(22)18-12)10-4-6-11(17)7-5-10/h4-7,14H,2-3,8-9H2,1H3,(H2,18,19,22)/t14-/m1/s1. The Balaban J connectivity index is 1.90. The number of urea groups is 1. The molecule has 0 unspecified atom stereocenters. The van der Waals surface area contributed by atoms with E-state index in [9.17, 15) is 9.59 Å². The van der Waals surface area contributed by atoms with Crippen LogP contribution in [0.15, 0.2) is 35.5 Å². The molecule has 1 aromatic rings. The Morgan fingerprint density at radius 1 is 1.27 bits per heavy atom. The molecular formula is C16H18ClN3O2. The molecule has 2 aliphatic heterocycles. The highest BCUT2D eigenvalue weighted by molar-refractivity contribution is 6.30. The number of unbranched alkanes of at least 4 members (excludes halogenated alkanes) is 1. The van der Waals surface area contributed by atoms with Crippen molar-refractivity contribution in [3.8, 4) is 0 Å². The van der Waals surface area contributed by atoms with Gasteiger partial charge in [-0.25, -0.2) is 4.79 Å². The van der Waals surface area contributed by atoms with Crippen molar-refractivity contribution in [2.75, 3.05) is 13.1 Å². The Kier molecular flexibility index (Phi) is 4.07. The van der Waals surface area contributed by atoms with Crippen LogP contribution < -0.4 is 10.6 Å². The number of nitrogens with zero attached hydrogens (tertiary/aromatic N) is 1. The summed E-state index contributed by atoms with van der Waals surface area (Å²) < 4.78 is 0.